The average molecular weight is 248 g/mol. The first-order valence-electron chi connectivity index (χ1n) is 3.93. The maximum Gasteiger partial charge on any atom is 0.324 e. The minimum Gasteiger partial charge on any atom is -0.480 e. The van der Waals surface area contributed by atoms with Gasteiger partial charge >= 0.3 is 11.9 Å². The van der Waals surface area contributed by atoms with Crippen molar-refractivity contribution >= 4 is 37.2 Å². The predicted octanol–water partition coefficient (Wildman–Crippen LogP) is 1.11. The summed E-state index contributed by atoms with van der Waals surface area (Å²) < 4.78 is 0. The van der Waals surface area contributed by atoms with Gasteiger partial charge in [-0.15, -0.1) is 13.2 Å². The van der Waals surface area contributed by atoms with Crippen LogP contribution in [-0.2, 0) is 9.59 Å². The second kappa shape index (κ2) is 5.27. The van der Waals surface area contributed by atoms with E-state index < -0.39 is 27.9 Å². The maximum absolute atomic E-state index is 11.1. The van der Waals surface area contributed by atoms with Gasteiger partial charge in [0.25, 0.3) is 0 Å². The number of carbonyl (C=O) groups is 2. The second-order valence-electron chi connectivity index (χ2n) is 2.84. The second-order valence-corrected chi connectivity index (χ2v) is 3.95. The molecule has 0 heterocycles. The van der Waals surface area contributed by atoms with E-state index >= 15 is 0 Å². The SMILES string of the molecule is C=CC(S)C(C(=O)O)(C(=O)O)C(S)C=C. The van der Waals surface area contributed by atoms with Crippen LogP contribution in [0, 0.1) is 5.41 Å². The van der Waals surface area contributed by atoms with Gasteiger partial charge in [-0.1, -0.05) is 12.2 Å². The summed E-state index contributed by atoms with van der Waals surface area (Å²) in [5.74, 6) is -3.04. The highest BCUT2D eigenvalue weighted by atomic mass is 32.1. The van der Waals surface area contributed by atoms with Crippen LogP contribution >= 0.6 is 25.3 Å². The molecule has 2 N–H and O–H groups in total. The van der Waals surface area contributed by atoms with Gasteiger partial charge < -0.3 is 10.2 Å². The molecule has 0 aliphatic rings. The third-order valence-electron chi connectivity index (χ3n) is 2.09. The average Bonchev–Trinajstić information content (AvgIpc) is 2.16. The molecular formula is C9H12O4S2. The highest BCUT2D eigenvalue weighted by Crippen LogP contribution is 2.36. The Balaban J connectivity index is 5.67. The smallest absolute Gasteiger partial charge is 0.324 e. The summed E-state index contributed by atoms with van der Waals surface area (Å²) in [6.07, 6.45) is 2.30. The minimum atomic E-state index is -2.16. The molecule has 6 heteroatoms. The van der Waals surface area contributed by atoms with Crippen molar-refractivity contribution in [3.63, 3.8) is 0 Å². The van der Waals surface area contributed by atoms with Crippen molar-refractivity contribution in [1.82, 2.24) is 0 Å². The van der Waals surface area contributed by atoms with Crippen LogP contribution < -0.4 is 0 Å². The van der Waals surface area contributed by atoms with Crippen molar-refractivity contribution in [2.75, 3.05) is 0 Å². The lowest BCUT2D eigenvalue weighted by Gasteiger charge is -2.31. The molecule has 0 aromatic carbocycles. The van der Waals surface area contributed by atoms with E-state index in [-0.39, 0.29) is 0 Å². The van der Waals surface area contributed by atoms with Gasteiger partial charge in [-0.25, -0.2) is 0 Å². The standard InChI is InChI=1S/C9H12O4S2/c1-3-5(14)9(7(10)11,8(12)13)6(15)4-2/h3-6,14-15H,1-2H2,(H,10,11)(H,12,13). The lowest BCUT2D eigenvalue weighted by molar-refractivity contribution is -0.163. The third-order valence-corrected chi connectivity index (χ3v) is 3.32. The zero-order chi connectivity index (χ0) is 12.2. The van der Waals surface area contributed by atoms with Crippen molar-refractivity contribution in [3.8, 4) is 0 Å². The molecule has 2 unspecified atom stereocenters. The van der Waals surface area contributed by atoms with Crippen LogP contribution in [0.3, 0.4) is 0 Å². The molecule has 4 nitrogen and oxygen atoms in total. The molecular weight excluding hydrogens is 236 g/mol. The first kappa shape index (κ1) is 14.1. The fourth-order valence-electron chi connectivity index (χ4n) is 1.14. The number of carboxylic acid groups (broad SMARTS) is 2. The first-order chi connectivity index (χ1) is 6.85. The van der Waals surface area contributed by atoms with Gasteiger partial charge in [-0.3, -0.25) is 9.59 Å². The fourth-order valence-corrected chi connectivity index (χ4v) is 2.02. The van der Waals surface area contributed by atoms with Crippen LogP contribution in [0.5, 0.6) is 0 Å². The molecule has 0 aromatic rings. The molecule has 0 radical (unpaired) electrons. The molecule has 0 amide bonds. The largest absolute Gasteiger partial charge is 0.480 e. The molecule has 0 aliphatic heterocycles. The van der Waals surface area contributed by atoms with Gasteiger partial charge in [-0.05, 0) is 0 Å². The summed E-state index contributed by atoms with van der Waals surface area (Å²) in [6, 6.07) is 0. The number of carboxylic acids is 2. The van der Waals surface area contributed by atoms with Crippen molar-refractivity contribution in [2.45, 2.75) is 10.5 Å². The molecule has 0 saturated heterocycles. The summed E-state index contributed by atoms with van der Waals surface area (Å²) in [4.78, 5) is 22.2. The molecule has 0 saturated carbocycles. The molecule has 2 atom stereocenters. The number of aliphatic carboxylic acids is 2. The van der Waals surface area contributed by atoms with Gasteiger partial charge in [0.15, 0.2) is 5.41 Å². The first-order valence-corrected chi connectivity index (χ1v) is 4.97. The molecule has 0 bridgehead atoms. The summed E-state index contributed by atoms with van der Waals surface area (Å²) in [5, 5.41) is 15.9. The van der Waals surface area contributed by atoms with Crippen LogP contribution in [0.1, 0.15) is 0 Å². The Kier molecular flexibility index (Phi) is 4.96. The Labute approximate surface area is 98.5 Å². The molecule has 84 valence electrons. The van der Waals surface area contributed by atoms with E-state index in [1.54, 1.807) is 0 Å². The van der Waals surface area contributed by atoms with Gasteiger partial charge in [-0.2, -0.15) is 25.3 Å². The number of rotatable bonds is 6. The van der Waals surface area contributed by atoms with Crippen molar-refractivity contribution < 1.29 is 19.8 Å². The number of hydrogen-bond acceptors (Lipinski definition) is 4. The fraction of sp³-hybridized carbons (Fsp3) is 0.333. The Morgan fingerprint density at radius 1 is 1.07 bits per heavy atom. The topological polar surface area (TPSA) is 74.6 Å². The maximum atomic E-state index is 11.1. The van der Waals surface area contributed by atoms with Crippen LogP contribution in [0.2, 0.25) is 0 Å². The van der Waals surface area contributed by atoms with Gasteiger partial charge in [0, 0.05) is 10.5 Å². The van der Waals surface area contributed by atoms with Crippen molar-refractivity contribution in [1.29, 1.82) is 0 Å². The molecule has 0 aromatic heterocycles. The zero-order valence-corrected chi connectivity index (χ0v) is 9.62. The van der Waals surface area contributed by atoms with Crippen molar-refractivity contribution in [3.05, 3.63) is 25.3 Å². The van der Waals surface area contributed by atoms with E-state index in [0.29, 0.717) is 0 Å². The summed E-state index contributed by atoms with van der Waals surface area (Å²) in [5.41, 5.74) is -2.16. The van der Waals surface area contributed by atoms with Crippen LogP contribution in [0.25, 0.3) is 0 Å². The lowest BCUT2D eigenvalue weighted by atomic mass is 9.80. The van der Waals surface area contributed by atoms with E-state index in [0.717, 1.165) is 12.2 Å². The normalized spacial score (nSPS) is 15.1. The number of hydrogen-bond donors (Lipinski definition) is 4. The van der Waals surface area contributed by atoms with E-state index in [2.05, 4.69) is 38.4 Å². The van der Waals surface area contributed by atoms with Gasteiger partial charge in [0.05, 0.1) is 0 Å². The summed E-state index contributed by atoms with van der Waals surface area (Å²) in [6.45, 7) is 6.67. The Morgan fingerprint density at radius 2 is 1.33 bits per heavy atom. The summed E-state index contributed by atoms with van der Waals surface area (Å²) >= 11 is 7.81. The Bertz CT molecular complexity index is 270. The lowest BCUT2D eigenvalue weighted by Crippen LogP contribution is -2.52. The van der Waals surface area contributed by atoms with E-state index in [1.165, 1.54) is 0 Å². The predicted molar refractivity (Wildman–Crippen MR) is 63.6 cm³/mol. The summed E-state index contributed by atoms with van der Waals surface area (Å²) in [7, 11) is 0. The molecule has 0 rings (SSSR count). The molecule has 0 aliphatic carbocycles. The van der Waals surface area contributed by atoms with Crippen LogP contribution in [0.15, 0.2) is 25.3 Å². The zero-order valence-electron chi connectivity index (χ0n) is 7.83. The van der Waals surface area contributed by atoms with Crippen molar-refractivity contribution in [2.24, 2.45) is 5.41 Å². The van der Waals surface area contributed by atoms with Gasteiger partial charge in [0.2, 0.25) is 0 Å². The monoisotopic (exact) mass is 248 g/mol. The van der Waals surface area contributed by atoms with Crippen LogP contribution in [-0.4, -0.2) is 32.7 Å². The third kappa shape index (κ3) is 2.21. The van der Waals surface area contributed by atoms with E-state index in [4.69, 9.17) is 10.2 Å². The van der Waals surface area contributed by atoms with Gasteiger partial charge in [0.1, 0.15) is 0 Å². The molecule has 15 heavy (non-hydrogen) atoms. The minimum absolute atomic E-state index is 1.06. The molecule has 0 fully saturated rings. The highest BCUT2D eigenvalue weighted by Gasteiger charge is 2.54. The quantitative estimate of drug-likeness (QED) is 0.323. The molecule has 0 spiro atoms. The Morgan fingerprint density at radius 3 is 1.47 bits per heavy atom. The van der Waals surface area contributed by atoms with Crippen LogP contribution in [0.4, 0.5) is 0 Å². The number of thiol groups is 2. The van der Waals surface area contributed by atoms with E-state index in [1.807, 2.05) is 0 Å². The van der Waals surface area contributed by atoms with E-state index in [9.17, 15) is 9.59 Å². The highest BCUT2D eigenvalue weighted by molar-refractivity contribution is 7.82. The Hall–Kier alpha value is -0.880.